The smallest absolute Gasteiger partial charge is 0.310 e. The fraction of sp³-hybridized carbons (Fsp3) is 0.818. The molecule has 16 heavy (non-hydrogen) atoms. The quantitative estimate of drug-likeness (QED) is 0.752. The van der Waals surface area contributed by atoms with Gasteiger partial charge in [-0.05, 0) is 20.3 Å². The van der Waals surface area contributed by atoms with Crippen LogP contribution >= 0.6 is 0 Å². The average Bonchev–Trinajstić information content (AvgIpc) is 2.29. The third-order valence-electron chi connectivity index (χ3n) is 2.95. The molecular formula is C11H20N2O3. The summed E-state index contributed by atoms with van der Waals surface area (Å²) in [6.45, 7) is 5.66. The van der Waals surface area contributed by atoms with Crippen LogP contribution < -0.4 is 0 Å². The van der Waals surface area contributed by atoms with Crippen LogP contribution in [0.1, 0.15) is 20.3 Å². The molecule has 0 radical (unpaired) electrons. The largest absolute Gasteiger partial charge is 0.481 e. The average molecular weight is 228 g/mol. The molecule has 5 heteroatoms. The van der Waals surface area contributed by atoms with Crippen LogP contribution in [-0.2, 0) is 9.59 Å². The molecular weight excluding hydrogens is 208 g/mol. The number of carboxylic acid groups (broad SMARTS) is 1. The Morgan fingerprint density at radius 1 is 1.44 bits per heavy atom. The van der Waals surface area contributed by atoms with Gasteiger partial charge >= 0.3 is 5.97 Å². The van der Waals surface area contributed by atoms with E-state index in [1.54, 1.807) is 25.8 Å². The second-order valence-corrected chi connectivity index (χ2v) is 5.07. The van der Waals surface area contributed by atoms with Crippen LogP contribution in [0.3, 0.4) is 0 Å². The molecule has 0 unspecified atom stereocenters. The number of hydrogen-bond acceptors (Lipinski definition) is 3. The molecule has 0 bridgehead atoms. The van der Waals surface area contributed by atoms with E-state index in [0.29, 0.717) is 13.1 Å². The van der Waals surface area contributed by atoms with Crippen LogP contribution in [0.2, 0.25) is 0 Å². The molecule has 0 saturated carbocycles. The first-order chi connectivity index (χ1) is 7.33. The monoisotopic (exact) mass is 228 g/mol. The minimum Gasteiger partial charge on any atom is -0.481 e. The first kappa shape index (κ1) is 13.0. The zero-order valence-electron chi connectivity index (χ0n) is 10.2. The van der Waals surface area contributed by atoms with Gasteiger partial charge in [0.05, 0.1) is 12.0 Å². The van der Waals surface area contributed by atoms with Crippen molar-refractivity contribution in [2.45, 2.75) is 20.3 Å². The molecule has 1 N–H and O–H groups in total. The molecule has 0 spiro atoms. The molecule has 1 aliphatic heterocycles. The van der Waals surface area contributed by atoms with E-state index in [-0.39, 0.29) is 5.91 Å². The highest BCUT2D eigenvalue weighted by Crippen LogP contribution is 2.18. The van der Waals surface area contributed by atoms with Crippen molar-refractivity contribution in [3.05, 3.63) is 0 Å². The number of rotatable bonds is 3. The van der Waals surface area contributed by atoms with Crippen LogP contribution in [0.25, 0.3) is 0 Å². The zero-order chi connectivity index (χ0) is 12.3. The van der Waals surface area contributed by atoms with Gasteiger partial charge in [-0.3, -0.25) is 14.5 Å². The molecule has 1 fully saturated rings. The van der Waals surface area contributed by atoms with E-state index in [1.807, 2.05) is 4.90 Å². The molecule has 0 aromatic rings. The normalized spacial score (nSPS) is 19.7. The van der Waals surface area contributed by atoms with Crippen molar-refractivity contribution in [3.63, 3.8) is 0 Å². The summed E-state index contributed by atoms with van der Waals surface area (Å²) >= 11 is 0. The Morgan fingerprint density at radius 3 is 2.62 bits per heavy atom. The van der Waals surface area contributed by atoms with Crippen molar-refractivity contribution in [1.29, 1.82) is 0 Å². The van der Waals surface area contributed by atoms with Crippen LogP contribution in [0.4, 0.5) is 0 Å². The lowest BCUT2D eigenvalue weighted by Gasteiger charge is -2.27. The third kappa shape index (κ3) is 3.20. The lowest BCUT2D eigenvalue weighted by molar-refractivity contribution is -0.148. The van der Waals surface area contributed by atoms with E-state index in [4.69, 9.17) is 5.11 Å². The summed E-state index contributed by atoms with van der Waals surface area (Å²) in [5, 5.41) is 9.04. The summed E-state index contributed by atoms with van der Waals surface area (Å²) in [7, 11) is 1.79. The van der Waals surface area contributed by atoms with Gasteiger partial charge in [0.1, 0.15) is 0 Å². The maximum absolute atomic E-state index is 11.6. The second kappa shape index (κ2) is 4.82. The Hall–Kier alpha value is -1.10. The predicted molar refractivity (Wildman–Crippen MR) is 60.1 cm³/mol. The van der Waals surface area contributed by atoms with E-state index in [0.717, 1.165) is 19.5 Å². The van der Waals surface area contributed by atoms with E-state index >= 15 is 0 Å². The summed E-state index contributed by atoms with van der Waals surface area (Å²) in [5.41, 5.74) is -0.802. The summed E-state index contributed by atoms with van der Waals surface area (Å²) in [6, 6.07) is 0. The Morgan fingerprint density at radius 2 is 2.06 bits per heavy atom. The Labute approximate surface area is 96.0 Å². The Balaban J connectivity index is 2.61. The van der Waals surface area contributed by atoms with Gasteiger partial charge in [0, 0.05) is 26.7 Å². The Bertz CT molecular complexity index is 289. The molecule has 0 atom stereocenters. The van der Waals surface area contributed by atoms with Crippen LogP contribution in [0.5, 0.6) is 0 Å². The van der Waals surface area contributed by atoms with Crippen molar-refractivity contribution in [1.82, 2.24) is 9.80 Å². The summed E-state index contributed by atoms with van der Waals surface area (Å²) < 4.78 is 0. The molecule has 0 aromatic heterocycles. The number of aliphatic carboxylic acids is 1. The third-order valence-corrected chi connectivity index (χ3v) is 2.95. The highest BCUT2D eigenvalue weighted by atomic mass is 16.4. The van der Waals surface area contributed by atoms with Gasteiger partial charge in [-0.25, -0.2) is 0 Å². The van der Waals surface area contributed by atoms with Crippen molar-refractivity contribution in [3.8, 4) is 0 Å². The van der Waals surface area contributed by atoms with Gasteiger partial charge in [0.25, 0.3) is 0 Å². The number of carbonyl (C=O) groups excluding carboxylic acids is 1. The van der Waals surface area contributed by atoms with Crippen LogP contribution in [0.15, 0.2) is 0 Å². The number of likely N-dealkylation sites (N-methyl/N-ethyl adjacent to an activating group) is 1. The van der Waals surface area contributed by atoms with E-state index < -0.39 is 11.4 Å². The van der Waals surface area contributed by atoms with E-state index in [2.05, 4.69) is 0 Å². The minimum atomic E-state index is -0.822. The number of nitrogens with zero attached hydrogens (tertiary/aromatic N) is 2. The fourth-order valence-electron chi connectivity index (χ4n) is 1.81. The summed E-state index contributed by atoms with van der Waals surface area (Å²) in [6.07, 6.45) is 0.901. The van der Waals surface area contributed by atoms with Gasteiger partial charge in [0.2, 0.25) is 5.91 Å². The fourth-order valence-corrected chi connectivity index (χ4v) is 1.81. The lowest BCUT2D eigenvalue weighted by atomic mass is 9.93. The maximum atomic E-state index is 11.6. The van der Waals surface area contributed by atoms with Crippen LogP contribution in [-0.4, -0.2) is 60.0 Å². The summed E-state index contributed by atoms with van der Waals surface area (Å²) in [4.78, 5) is 26.3. The first-order valence-corrected chi connectivity index (χ1v) is 5.52. The molecule has 92 valence electrons. The second-order valence-electron chi connectivity index (χ2n) is 5.07. The van der Waals surface area contributed by atoms with Crippen molar-refractivity contribution in [2.24, 2.45) is 5.41 Å². The SMILES string of the molecule is CN1CCCN(CC(C)(C)C(=O)O)CC1=O. The van der Waals surface area contributed by atoms with Gasteiger partial charge in [-0.1, -0.05) is 0 Å². The topological polar surface area (TPSA) is 60.9 Å². The molecule has 5 nitrogen and oxygen atoms in total. The standard InChI is InChI=1S/C11H20N2O3/c1-11(2,10(15)16)8-13-6-4-5-12(3)9(14)7-13/h4-8H2,1-3H3,(H,15,16). The number of amides is 1. The first-order valence-electron chi connectivity index (χ1n) is 5.52. The molecule has 1 aliphatic rings. The molecule has 0 aliphatic carbocycles. The van der Waals surface area contributed by atoms with Crippen LogP contribution in [0, 0.1) is 5.41 Å². The van der Waals surface area contributed by atoms with E-state index in [1.165, 1.54) is 0 Å². The molecule has 0 aromatic carbocycles. The summed E-state index contributed by atoms with van der Waals surface area (Å²) in [5.74, 6) is -0.753. The molecule has 1 heterocycles. The van der Waals surface area contributed by atoms with Crippen molar-refractivity contribution in [2.75, 3.05) is 33.2 Å². The maximum Gasteiger partial charge on any atom is 0.310 e. The van der Waals surface area contributed by atoms with Gasteiger partial charge in [0.15, 0.2) is 0 Å². The highest BCUT2D eigenvalue weighted by Gasteiger charge is 2.31. The van der Waals surface area contributed by atoms with Gasteiger partial charge in [-0.15, -0.1) is 0 Å². The zero-order valence-corrected chi connectivity index (χ0v) is 10.2. The van der Waals surface area contributed by atoms with Gasteiger partial charge < -0.3 is 10.0 Å². The minimum absolute atomic E-state index is 0.0682. The number of carboxylic acids is 1. The molecule has 1 saturated heterocycles. The van der Waals surface area contributed by atoms with Crippen molar-refractivity contribution < 1.29 is 14.7 Å². The number of carbonyl (C=O) groups is 2. The number of hydrogen-bond donors (Lipinski definition) is 1. The Kier molecular flexibility index (Phi) is 3.91. The van der Waals surface area contributed by atoms with Gasteiger partial charge in [-0.2, -0.15) is 0 Å². The lowest BCUT2D eigenvalue weighted by Crippen LogP contribution is -2.42. The molecule has 1 amide bonds. The highest BCUT2D eigenvalue weighted by molar-refractivity contribution is 5.78. The molecule has 1 rings (SSSR count). The predicted octanol–water partition coefficient (Wildman–Crippen LogP) is 0.261. The van der Waals surface area contributed by atoms with Crippen molar-refractivity contribution >= 4 is 11.9 Å². The van der Waals surface area contributed by atoms with E-state index in [9.17, 15) is 9.59 Å².